The molecule has 3 rings (SSSR count). The van der Waals surface area contributed by atoms with Crippen molar-refractivity contribution in [2.24, 2.45) is 0 Å². The Bertz CT molecular complexity index is 791. The van der Waals surface area contributed by atoms with Gasteiger partial charge in [-0.3, -0.25) is 0 Å². The van der Waals surface area contributed by atoms with Gasteiger partial charge < -0.3 is 9.47 Å². The van der Waals surface area contributed by atoms with Crippen molar-refractivity contribution in [2.75, 3.05) is 14.2 Å². The minimum absolute atomic E-state index is 0.862. The summed E-state index contributed by atoms with van der Waals surface area (Å²) >= 11 is 0. The van der Waals surface area contributed by atoms with Gasteiger partial charge in [0, 0.05) is 11.1 Å². The van der Waals surface area contributed by atoms with Crippen LogP contribution >= 0.6 is 0 Å². The number of methoxy groups -OCH3 is 2. The zero-order valence-corrected chi connectivity index (χ0v) is 12.5. The van der Waals surface area contributed by atoms with Gasteiger partial charge in [-0.1, -0.05) is 36.4 Å². The molecular formula is C19H18O2. The van der Waals surface area contributed by atoms with Crippen molar-refractivity contribution in [3.05, 3.63) is 60.2 Å². The van der Waals surface area contributed by atoms with Crippen molar-refractivity contribution >= 4 is 10.8 Å². The van der Waals surface area contributed by atoms with Crippen LogP contribution in [0.4, 0.5) is 0 Å². The maximum absolute atomic E-state index is 5.61. The molecule has 0 saturated carbocycles. The number of aryl methyl sites for hydroxylation is 1. The molecule has 0 N–H and O–H groups in total. The predicted octanol–water partition coefficient (Wildman–Crippen LogP) is 4.83. The molecule has 0 atom stereocenters. The lowest BCUT2D eigenvalue weighted by Gasteiger charge is -2.16. The van der Waals surface area contributed by atoms with E-state index < -0.39 is 0 Å². The summed E-state index contributed by atoms with van der Waals surface area (Å²) in [6.45, 7) is 2.09. The monoisotopic (exact) mass is 278 g/mol. The summed E-state index contributed by atoms with van der Waals surface area (Å²) in [6, 6.07) is 18.6. The van der Waals surface area contributed by atoms with Crippen molar-refractivity contribution in [2.45, 2.75) is 6.92 Å². The van der Waals surface area contributed by atoms with Crippen LogP contribution in [-0.4, -0.2) is 14.2 Å². The van der Waals surface area contributed by atoms with Crippen LogP contribution in [0.25, 0.3) is 21.9 Å². The van der Waals surface area contributed by atoms with Crippen LogP contribution in [0.2, 0.25) is 0 Å². The van der Waals surface area contributed by atoms with Gasteiger partial charge in [0.2, 0.25) is 0 Å². The van der Waals surface area contributed by atoms with E-state index in [0.29, 0.717) is 0 Å². The molecule has 21 heavy (non-hydrogen) atoms. The summed E-state index contributed by atoms with van der Waals surface area (Å²) < 4.78 is 11.1. The van der Waals surface area contributed by atoms with E-state index in [4.69, 9.17) is 9.47 Å². The van der Waals surface area contributed by atoms with E-state index >= 15 is 0 Å². The fourth-order valence-corrected chi connectivity index (χ4v) is 2.74. The molecule has 0 radical (unpaired) electrons. The van der Waals surface area contributed by atoms with E-state index in [2.05, 4.69) is 37.3 Å². The molecule has 0 fully saturated rings. The van der Waals surface area contributed by atoms with E-state index in [-0.39, 0.29) is 0 Å². The van der Waals surface area contributed by atoms with Gasteiger partial charge >= 0.3 is 0 Å². The first-order valence-corrected chi connectivity index (χ1v) is 6.95. The Hall–Kier alpha value is -2.48. The van der Waals surface area contributed by atoms with Crippen LogP contribution in [0, 0.1) is 6.92 Å². The number of benzene rings is 3. The standard InChI is InChI=1S/C19H18O2/c1-13-7-6-10-17(20-2)19(13)16-11-14-8-4-5-9-15(14)12-18(16)21-3/h4-12H,1-3H3. The van der Waals surface area contributed by atoms with Crippen molar-refractivity contribution in [3.8, 4) is 22.6 Å². The van der Waals surface area contributed by atoms with E-state index in [1.54, 1.807) is 14.2 Å². The van der Waals surface area contributed by atoms with Gasteiger partial charge in [0.1, 0.15) is 11.5 Å². The predicted molar refractivity (Wildman–Crippen MR) is 87.2 cm³/mol. The zero-order valence-electron chi connectivity index (χ0n) is 12.5. The normalized spacial score (nSPS) is 10.6. The molecule has 106 valence electrons. The number of ether oxygens (including phenoxy) is 2. The second-order valence-corrected chi connectivity index (χ2v) is 5.05. The van der Waals surface area contributed by atoms with Gasteiger partial charge in [0.25, 0.3) is 0 Å². The Morgan fingerprint density at radius 1 is 0.714 bits per heavy atom. The highest BCUT2D eigenvalue weighted by molar-refractivity contribution is 5.92. The van der Waals surface area contributed by atoms with Gasteiger partial charge in [-0.2, -0.15) is 0 Å². The van der Waals surface area contributed by atoms with Crippen LogP contribution in [0.5, 0.6) is 11.5 Å². The third-order valence-corrected chi connectivity index (χ3v) is 3.79. The fraction of sp³-hybridized carbons (Fsp3) is 0.158. The Kier molecular flexibility index (Phi) is 3.53. The number of fused-ring (bicyclic) bond motifs is 1. The summed E-state index contributed by atoms with van der Waals surface area (Å²) in [6.07, 6.45) is 0. The lowest BCUT2D eigenvalue weighted by molar-refractivity contribution is 0.410. The number of hydrogen-bond acceptors (Lipinski definition) is 2. The minimum atomic E-state index is 0.862. The molecule has 0 heterocycles. The lowest BCUT2D eigenvalue weighted by Crippen LogP contribution is -1.94. The Morgan fingerprint density at radius 2 is 1.38 bits per heavy atom. The molecule has 0 aromatic heterocycles. The van der Waals surface area contributed by atoms with Gasteiger partial charge in [0.05, 0.1) is 14.2 Å². The average Bonchev–Trinajstić information content (AvgIpc) is 2.53. The third-order valence-electron chi connectivity index (χ3n) is 3.79. The summed E-state index contributed by atoms with van der Waals surface area (Å²) in [4.78, 5) is 0. The molecule has 0 unspecified atom stereocenters. The summed E-state index contributed by atoms with van der Waals surface area (Å²) in [5, 5.41) is 2.37. The minimum Gasteiger partial charge on any atom is -0.496 e. The molecule has 3 aromatic carbocycles. The smallest absolute Gasteiger partial charge is 0.127 e. The van der Waals surface area contributed by atoms with Crippen LogP contribution in [0.15, 0.2) is 54.6 Å². The SMILES string of the molecule is COc1cc2ccccc2cc1-c1c(C)cccc1OC. The molecule has 0 spiro atoms. The zero-order chi connectivity index (χ0) is 14.8. The van der Waals surface area contributed by atoms with E-state index in [1.807, 2.05) is 24.3 Å². The Labute approximate surface area is 124 Å². The third kappa shape index (κ3) is 2.33. The molecule has 0 amide bonds. The molecule has 0 aliphatic carbocycles. The quantitative estimate of drug-likeness (QED) is 0.683. The highest BCUT2D eigenvalue weighted by Gasteiger charge is 2.14. The maximum atomic E-state index is 5.61. The van der Waals surface area contributed by atoms with Crippen LogP contribution in [0.1, 0.15) is 5.56 Å². The average molecular weight is 278 g/mol. The maximum Gasteiger partial charge on any atom is 0.127 e. The topological polar surface area (TPSA) is 18.5 Å². The Morgan fingerprint density at radius 3 is 2.05 bits per heavy atom. The molecule has 0 bridgehead atoms. The second-order valence-electron chi connectivity index (χ2n) is 5.05. The highest BCUT2D eigenvalue weighted by Crippen LogP contribution is 2.40. The first-order valence-electron chi connectivity index (χ1n) is 6.95. The van der Waals surface area contributed by atoms with Gasteiger partial charge in [-0.25, -0.2) is 0 Å². The van der Waals surface area contributed by atoms with Crippen molar-refractivity contribution < 1.29 is 9.47 Å². The van der Waals surface area contributed by atoms with Crippen LogP contribution in [0.3, 0.4) is 0 Å². The molecule has 2 heteroatoms. The molecule has 0 saturated heterocycles. The fourth-order valence-electron chi connectivity index (χ4n) is 2.74. The van der Waals surface area contributed by atoms with Crippen LogP contribution in [-0.2, 0) is 0 Å². The van der Waals surface area contributed by atoms with Crippen molar-refractivity contribution in [1.29, 1.82) is 0 Å². The van der Waals surface area contributed by atoms with Gasteiger partial charge in [-0.15, -0.1) is 0 Å². The molecule has 0 aliphatic heterocycles. The van der Waals surface area contributed by atoms with Gasteiger partial charge in [-0.05, 0) is 41.5 Å². The number of hydrogen-bond donors (Lipinski definition) is 0. The van der Waals surface area contributed by atoms with Crippen molar-refractivity contribution in [1.82, 2.24) is 0 Å². The van der Waals surface area contributed by atoms with Crippen molar-refractivity contribution in [3.63, 3.8) is 0 Å². The molecular weight excluding hydrogens is 260 g/mol. The van der Waals surface area contributed by atoms with E-state index in [9.17, 15) is 0 Å². The molecule has 0 aliphatic rings. The summed E-state index contributed by atoms with van der Waals surface area (Å²) in [5.41, 5.74) is 3.32. The molecule has 2 nitrogen and oxygen atoms in total. The molecule has 3 aromatic rings. The van der Waals surface area contributed by atoms with E-state index in [1.165, 1.54) is 16.3 Å². The first kappa shape index (κ1) is 13.5. The van der Waals surface area contributed by atoms with E-state index in [0.717, 1.165) is 22.6 Å². The second kappa shape index (κ2) is 5.49. The summed E-state index contributed by atoms with van der Waals surface area (Å²) in [5.74, 6) is 1.73. The van der Waals surface area contributed by atoms with Crippen LogP contribution < -0.4 is 9.47 Å². The number of rotatable bonds is 3. The van der Waals surface area contributed by atoms with Gasteiger partial charge in [0.15, 0.2) is 0 Å². The summed E-state index contributed by atoms with van der Waals surface area (Å²) in [7, 11) is 3.41. The highest BCUT2D eigenvalue weighted by atomic mass is 16.5. The first-order chi connectivity index (χ1) is 10.2. The Balaban J connectivity index is 2.34. The largest absolute Gasteiger partial charge is 0.496 e. The lowest BCUT2D eigenvalue weighted by atomic mass is 9.96.